The van der Waals surface area contributed by atoms with Gasteiger partial charge in [0.1, 0.15) is 15.0 Å². The monoisotopic (exact) mass is 415 g/mol. The van der Waals surface area contributed by atoms with E-state index in [0.717, 1.165) is 21.2 Å². The fraction of sp³-hybridized carbons (Fsp3) is 0.0769. The second-order valence-electron chi connectivity index (χ2n) is 4.30. The van der Waals surface area contributed by atoms with Gasteiger partial charge in [0.2, 0.25) is 5.88 Å². The predicted octanol–water partition coefficient (Wildman–Crippen LogP) is 2.93. The van der Waals surface area contributed by atoms with Crippen molar-refractivity contribution >= 4 is 41.0 Å². The molecule has 2 aromatic heterocycles. The minimum atomic E-state index is -0.796. The second kappa shape index (κ2) is 6.07. The maximum Gasteiger partial charge on any atom is 0.374 e. The van der Waals surface area contributed by atoms with E-state index in [9.17, 15) is 8.78 Å². The van der Waals surface area contributed by atoms with Crippen molar-refractivity contribution in [3.05, 3.63) is 45.8 Å². The second-order valence-corrected chi connectivity index (χ2v) is 5.32. The lowest BCUT2D eigenvalue weighted by atomic mass is 10.1. The fourth-order valence-corrected chi connectivity index (χ4v) is 2.49. The normalized spacial score (nSPS) is 10.7. The van der Waals surface area contributed by atoms with E-state index in [4.69, 9.17) is 9.49 Å². The maximum absolute atomic E-state index is 13.6. The van der Waals surface area contributed by atoms with Crippen molar-refractivity contribution in [2.24, 2.45) is 0 Å². The first-order chi connectivity index (χ1) is 10.6. The van der Waals surface area contributed by atoms with Crippen molar-refractivity contribution in [2.45, 2.75) is 6.82 Å². The minimum Gasteiger partial charge on any atom is -0.476 e. The average molecular weight is 415 g/mol. The van der Waals surface area contributed by atoms with Gasteiger partial charge in [-0.2, -0.15) is 0 Å². The van der Waals surface area contributed by atoms with Crippen LogP contribution in [0.25, 0.3) is 10.9 Å². The highest BCUT2D eigenvalue weighted by molar-refractivity contribution is 14.1. The Morgan fingerprint density at radius 2 is 2.09 bits per heavy atom. The molecule has 2 heterocycles. The molecule has 3 aromatic rings. The molecule has 0 radical (unpaired) electrons. The van der Waals surface area contributed by atoms with E-state index in [0.29, 0.717) is 13.0 Å². The molecular formula is C13H9BF2IN3O2. The highest BCUT2D eigenvalue weighted by atomic mass is 127. The van der Waals surface area contributed by atoms with E-state index >= 15 is 0 Å². The number of aromatic nitrogens is 3. The molecule has 0 saturated carbocycles. The molecule has 112 valence electrons. The van der Waals surface area contributed by atoms with Crippen LogP contribution >= 0.6 is 22.6 Å². The van der Waals surface area contributed by atoms with Crippen molar-refractivity contribution < 1.29 is 18.3 Å². The SMILES string of the molecule is CBOn1nc(I)c2cnc(Oc3ccc(F)cc3F)cc21. The number of ether oxygens (including phenoxy) is 1. The maximum atomic E-state index is 13.6. The number of fused-ring (bicyclic) bond motifs is 1. The summed E-state index contributed by atoms with van der Waals surface area (Å²) in [5.74, 6) is -1.41. The number of rotatable bonds is 4. The van der Waals surface area contributed by atoms with Crippen LogP contribution in [0.3, 0.4) is 0 Å². The highest BCUT2D eigenvalue weighted by Crippen LogP contribution is 2.27. The molecule has 0 fully saturated rings. The zero-order valence-electron chi connectivity index (χ0n) is 11.4. The first-order valence-corrected chi connectivity index (χ1v) is 7.47. The molecule has 0 atom stereocenters. The third kappa shape index (κ3) is 2.85. The Labute approximate surface area is 138 Å². The lowest BCUT2D eigenvalue weighted by Gasteiger charge is -2.07. The van der Waals surface area contributed by atoms with Gasteiger partial charge in [-0.3, -0.25) is 0 Å². The van der Waals surface area contributed by atoms with E-state index in [1.54, 1.807) is 12.3 Å². The number of nitrogens with zero attached hydrogens (tertiary/aromatic N) is 3. The largest absolute Gasteiger partial charge is 0.476 e. The van der Waals surface area contributed by atoms with E-state index < -0.39 is 11.6 Å². The van der Waals surface area contributed by atoms with Crippen LogP contribution in [0.1, 0.15) is 0 Å². The zero-order chi connectivity index (χ0) is 15.7. The Morgan fingerprint density at radius 3 is 2.82 bits per heavy atom. The van der Waals surface area contributed by atoms with Crippen LogP contribution in [0.4, 0.5) is 8.78 Å². The van der Waals surface area contributed by atoms with Gasteiger partial charge in [-0.25, -0.2) is 13.8 Å². The summed E-state index contributed by atoms with van der Waals surface area (Å²) in [7, 11) is 0.442. The Balaban J connectivity index is 1.99. The average Bonchev–Trinajstić information content (AvgIpc) is 2.79. The summed E-state index contributed by atoms with van der Waals surface area (Å²) < 4.78 is 38.0. The molecule has 9 heteroatoms. The molecule has 3 rings (SSSR count). The number of hydrogen-bond acceptors (Lipinski definition) is 4. The van der Waals surface area contributed by atoms with Crippen molar-refractivity contribution in [3.63, 3.8) is 0 Å². The van der Waals surface area contributed by atoms with Crippen LogP contribution in [-0.2, 0) is 0 Å². The quantitative estimate of drug-likeness (QED) is 0.486. The smallest absolute Gasteiger partial charge is 0.374 e. The Kier molecular flexibility index (Phi) is 4.14. The van der Waals surface area contributed by atoms with Gasteiger partial charge in [0.05, 0.1) is 5.39 Å². The molecule has 0 unspecified atom stereocenters. The predicted molar refractivity (Wildman–Crippen MR) is 86.3 cm³/mol. The van der Waals surface area contributed by atoms with E-state index in [2.05, 4.69) is 32.7 Å². The van der Waals surface area contributed by atoms with Gasteiger partial charge in [0.15, 0.2) is 11.6 Å². The molecule has 5 nitrogen and oxygen atoms in total. The summed E-state index contributed by atoms with van der Waals surface area (Å²) in [5, 5.41) is 5.01. The van der Waals surface area contributed by atoms with Gasteiger partial charge in [0, 0.05) is 18.3 Å². The number of halogens is 3. The van der Waals surface area contributed by atoms with Gasteiger partial charge in [-0.15, -0.1) is 9.94 Å². The minimum absolute atomic E-state index is 0.106. The van der Waals surface area contributed by atoms with Crippen molar-refractivity contribution in [1.82, 2.24) is 14.9 Å². The molecule has 0 amide bonds. The summed E-state index contributed by atoms with van der Waals surface area (Å²) in [6.07, 6.45) is 1.57. The van der Waals surface area contributed by atoms with E-state index in [1.165, 1.54) is 10.9 Å². The molecule has 0 N–H and O–H groups in total. The van der Waals surface area contributed by atoms with Crippen LogP contribution < -0.4 is 9.49 Å². The fourth-order valence-electron chi connectivity index (χ4n) is 1.88. The highest BCUT2D eigenvalue weighted by Gasteiger charge is 2.13. The Morgan fingerprint density at radius 1 is 1.27 bits per heavy atom. The van der Waals surface area contributed by atoms with E-state index in [1.807, 2.05) is 6.82 Å². The molecule has 1 aromatic carbocycles. The summed E-state index contributed by atoms with van der Waals surface area (Å²) in [6.45, 7) is 1.84. The summed E-state index contributed by atoms with van der Waals surface area (Å²) in [5.41, 5.74) is 0.652. The summed E-state index contributed by atoms with van der Waals surface area (Å²) >= 11 is 2.07. The van der Waals surface area contributed by atoms with Gasteiger partial charge in [-0.05, 0) is 41.5 Å². The first-order valence-electron chi connectivity index (χ1n) is 6.39. The third-order valence-corrected chi connectivity index (χ3v) is 3.62. The molecule has 22 heavy (non-hydrogen) atoms. The lowest BCUT2D eigenvalue weighted by molar-refractivity contribution is 0.260. The molecular weight excluding hydrogens is 406 g/mol. The van der Waals surface area contributed by atoms with Gasteiger partial charge >= 0.3 is 7.48 Å². The van der Waals surface area contributed by atoms with Crippen LogP contribution in [0.5, 0.6) is 11.6 Å². The topological polar surface area (TPSA) is 49.2 Å². The lowest BCUT2D eigenvalue weighted by Crippen LogP contribution is -2.14. The molecule has 0 bridgehead atoms. The zero-order valence-corrected chi connectivity index (χ0v) is 13.5. The van der Waals surface area contributed by atoms with Crippen LogP contribution in [0.2, 0.25) is 6.82 Å². The number of benzene rings is 1. The Bertz CT molecular complexity index is 844. The van der Waals surface area contributed by atoms with E-state index in [-0.39, 0.29) is 11.6 Å². The number of hydrogen-bond donors (Lipinski definition) is 0. The third-order valence-electron chi connectivity index (χ3n) is 2.82. The van der Waals surface area contributed by atoms with Gasteiger partial charge in [0.25, 0.3) is 0 Å². The molecule has 0 aliphatic heterocycles. The summed E-state index contributed by atoms with van der Waals surface area (Å²) in [6, 6.07) is 4.66. The van der Waals surface area contributed by atoms with Crippen LogP contribution in [0, 0.1) is 15.3 Å². The first kappa shape index (κ1) is 15.0. The van der Waals surface area contributed by atoms with Crippen molar-refractivity contribution in [2.75, 3.05) is 0 Å². The van der Waals surface area contributed by atoms with Crippen molar-refractivity contribution in [1.29, 1.82) is 0 Å². The van der Waals surface area contributed by atoms with Crippen LogP contribution in [-0.4, -0.2) is 22.4 Å². The standard InChI is InChI=1S/C13H9BF2IN3O2/c1-14-22-20-10-5-12(18-6-8(10)13(17)19-20)21-11-3-2-7(15)4-9(11)16/h2-6,14H,1H3. The van der Waals surface area contributed by atoms with Crippen molar-refractivity contribution in [3.8, 4) is 11.6 Å². The summed E-state index contributed by atoms with van der Waals surface area (Å²) in [4.78, 5) is 5.47. The Hall–Kier alpha value is -1.91. The molecule has 0 aliphatic rings. The number of pyridine rings is 1. The van der Waals surface area contributed by atoms with Gasteiger partial charge in [-0.1, -0.05) is 0 Å². The molecule has 0 saturated heterocycles. The molecule has 0 spiro atoms. The molecule has 0 aliphatic carbocycles. The van der Waals surface area contributed by atoms with Gasteiger partial charge < -0.3 is 9.49 Å². The van der Waals surface area contributed by atoms with Crippen LogP contribution in [0.15, 0.2) is 30.5 Å².